The van der Waals surface area contributed by atoms with Crippen molar-refractivity contribution in [2.24, 2.45) is 17.8 Å². The van der Waals surface area contributed by atoms with Crippen LogP contribution in [-0.2, 0) is 14.3 Å². The van der Waals surface area contributed by atoms with E-state index in [-0.39, 0.29) is 17.7 Å². The van der Waals surface area contributed by atoms with Gasteiger partial charge in [-0.2, -0.15) is 0 Å². The third-order valence-electron chi connectivity index (χ3n) is 7.33. The molecule has 2 aliphatic carbocycles. The maximum atomic E-state index is 12.6. The number of carbonyl (C=O) groups excluding carboxylic acids is 2. The predicted molar refractivity (Wildman–Crippen MR) is 116 cm³/mol. The average molecular weight is 403 g/mol. The second-order valence-corrected chi connectivity index (χ2v) is 9.35. The minimum absolute atomic E-state index is 0.108. The molecule has 1 aliphatic heterocycles. The van der Waals surface area contributed by atoms with Crippen molar-refractivity contribution in [1.82, 2.24) is 9.80 Å². The molecule has 5 nitrogen and oxygen atoms in total. The van der Waals surface area contributed by atoms with Gasteiger partial charge in [0.25, 0.3) is 0 Å². The van der Waals surface area contributed by atoms with Crippen molar-refractivity contribution in [2.45, 2.75) is 52.4 Å². The zero-order valence-corrected chi connectivity index (χ0v) is 18.5. The van der Waals surface area contributed by atoms with E-state index in [2.05, 4.69) is 30.4 Å². The molecule has 3 aliphatic rings. The summed E-state index contributed by atoms with van der Waals surface area (Å²) in [6.07, 6.45) is 5.40. The van der Waals surface area contributed by atoms with Crippen LogP contribution in [0.5, 0.6) is 0 Å². The first-order valence-electron chi connectivity index (χ1n) is 11.4. The van der Waals surface area contributed by atoms with E-state index in [9.17, 15) is 9.59 Å². The van der Waals surface area contributed by atoms with Crippen LogP contribution >= 0.6 is 0 Å². The molecule has 0 aromatic heterocycles. The molecule has 5 heteroatoms. The maximum Gasteiger partial charge on any atom is 0.333 e. The highest BCUT2D eigenvalue weighted by molar-refractivity contribution is 5.98. The van der Waals surface area contributed by atoms with Gasteiger partial charge in [0.2, 0.25) is 0 Å². The topological polar surface area (TPSA) is 49.9 Å². The van der Waals surface area contributed by atoms with Gasteiger partial charge in [-0.15, -0.1) is 0 Å². The SMILES string of the molecule is C=C(C(=O)OCCCCN1CCN(C)CC1)C1CC[C@@H](C)[C@H]2CC(=O)C(C)=C2C1. The Morgan fingerprint density at radius 1 is 1.14 bits per heavy atom. The number of rotatable bonds is 7. The fraction of sp³-hybridized carbons (Fsp3) is 0.750. The van der Waals surface area contributed by atoms with Crippen LogP contribution in [0, 0.1) is 17.8 Å². The molecule has 1 saturated carbocycles. The molecule has 2 fully saturated rings. The minimum atomic E-state index is -0.247. The molecule has 1 unspecified atom stereocenters. The molecular formula is C24H38N2O3. The van der Waals surface area contributed by atoms with Crippen LogP contribution in [0.3, 0.4) is 0 Å². The van der Waals surface area contributed by atoms with Crippen LogP contribution in [0.15, 0.2) is 23.3 Å². The van der Waals surface area contributed by atoms with Crippen LogP contribution in [-0.4, -0.2) is 67.9 Å². The number of esters is 1. The van der Waals surface area contributed by atoms with Gasteiger partial charge in [0.05, 0.1) is 6.61 Å². The highest BCUT2D eigenvalue weighted by atomic mass is 16.5. The van der Waals surface area contributed by atoms with Crippen molar-refractivity contribution in [3.8, 4) is 0 Å². The van der Waals surface area contributed by atoms with E-state index >= 15 is 0 Å². The third-order valence-corrected chi connectivity index (χ3v) is 7.33. The highest BCUT2D eigenvalue weighted by Crippen LogP contribution is 2.45. The zero-order valence-electron chi connectivity index (χ0n) is 18.5. The molecule has 0 N–H and O–H groups in total. The van der Waals surface area contributed by atoms with Crippen molar-refractivity contribution in [2.75, 3.05) is 46.4 Å². The largest absolute Gasteiger partial charge is 0.462 e. The molecule has 0 amide bonds. The molecule has 0 aromatic carbocycles. The maximum absolute atomic E-state index is 12.6. The fourth-order valence-electron chi connectivity index (χ4n) is 5.05. The van der Waals surface area contributed by atoms with Gasteiger partial charge in [0.1, 0.15) is 0 Å². The van der Waals surface area contributed by atoms with Gasteiger partial charge in [0, 0.05) is 38.2 Å². The Kier molecular flexibility index (Phi) is 7.69. The standard InChI is InChI=1S/C24H38N2O3/c1-17-7-8-20(15-22-19(3)23(27)16-21(17)22)18(2)24(28)29-14-6-5-9-26-12-10-25(4)11-13-26/h17,20-21H,2,5-16H2,1,3-4H3/t17-,20?,21-/m1/s1. The van der Waals surface area contributed by atoms with Crippen LogP contribution in [0.1, 0.15) is 52.4 Å². The molecule has 0 bridgehead atoms. The Balaban J connectivity index is 1.41. The molecule has 29 heavy (non-hydrogen) atoms. The molecule has 3 rings (SSSR count). The van der Waals surface area contributed by atoms with Gasteiger partial charge < -0.3 is 14.5 Å². The number of carbonyl (C=O) groups is 2. The quantitative estimate of drug-likeness (QED) is 0.371. The number of nitrogens with zero attached hydrogens (tertiary/aromatic N) is 2. The molecule has 0 spiro atoms. The smallest absolute Gasteiger partial charge is 0.333 e. The van der Waals surface area contributed by atoms with Gasteiger partial charge in [-0.1, -0.05) is 19.1 Å². The number of ketones is 1. The summed E-state index contributed by atoms with van der Waals surface area (Å²) in [4.78, 5) is 29.6. The van der Waals surface area contributed by atoms with E-state index in [1.165, 1.54) is 5.57 Å². The van der Waals surface area contributed by atoms with Gasteiger partial charge in [-0.25, -0.2) is 4.79 Å². The fourth-order valence-corrected chi connectivity index (χ4v) is 5.05. The monoisotopic (exact) mass is 402 g/mol. The summed E-state index contributed by atoms with van der Waals surface area (Å²) in [5.41, 5.74) is 2.79. The zero-order chi connectivity index (χ0) is 21.0. The second-order valence-electron chi connectivity index (χ2n) is 9.35. The Labute approximate surface area is 176 Å². The Hall–Kier alpha value is -1.46. The van der Waals surface area contributed by atoms with Crippen molar-refractivity contribution in [3.63, 3.8) is 0 Å². The van der Waals surface area contributed by atoms with Crippen LogP contribution in [0.2, 0.25) is 0 Å². The summed E-state index contributed by atoms with van der Waals surface area (Å²) in [6.45, 7) is 14.4. The lowest BCUT2D eigenvalue weighted by molar-refractivity contribution is -0.139. The number of ether oxygens (including phenoxy) is 1. The molecule has 1 heterocycles. The van der Waals surface area contributed by atoms with Gasteiger partial charge in [-0.05, 0) is 75.9 Å². The number of hydrogen-bond donors (Lipinski definition) is 0. The minimum Gasteiger partial charge on any atom is -0.462 e. The van der Waals surface area contributed by atoms with E-state index in [1.54, 1.807) is 0 Å². The van der Waals surface area contributed by atoms with Crippen LogP contribution in [0.25, 0.3) is 0 Å². The number of piperazine rings is 1. The summed E-state index contributed by atoms with van der Waals surface area (Å²) >= 11 is 0. The van der Waals surface area contributed by atoms with Gasteiger partial charge in [0.15, 0.2) is 5.78 Å². The lowest BCUT2D eigenvalue weighted by atomic mass is 9.86. The Morgan fingerprint density at radius 2 is 1.86 bits per heavy atom. The molecular weight excluding hydrogens is 364 g/mol. The molecule has 1 saturated heterocycles. The summed E-state index contributed by atoms with van der Waals surface area (Å²) in [6, 6.07) is 0. The summed E-state index contributed by atoms with van der Waals surface area (Å²) in [7, 11) is 2.17. The van der Waals surface area contributed by atoms with E-state index in [0.717, 1.165) is 70.4 Å². The van der Waals surface area contributed by atoms with E-state index < -0.39 is 0 Å². The van der Waals surface area contributed by atoms with E-state index in [4.69, 9.17) is 4.74 Å². The van der Waals surface area contributed by atoms with E-state index in [0.29, 0.717) is 30.4 Å². The second kappa shape index (κ2) is 10.0. The lowest BCUT2D eigenvalue weighted by Crippen LogP contribution is -2.44. The van der Waals surface area contributed by atoms with Crippen molar-refractivity contribution < 1.29 is 14.3 Å². The molecule has 0 aromatic rings. The Bertz CT molecular complexity index is 661. The van der Waals surface area contributed by atoms with E-state index in [1.807, 2.05) is 6.92 Å². The number of likely N-dealkylation sites (N-methyl/N-ethyl adjacent to an activating group) is 1. The third kappa shape index (κ3) is 5.58. The number of allylic oxidation sites excluding steroid dienone is 2. The summed E-state index contributed by atoms with van der Waals surface area (Å²) in [5.74, 6) is 1.01. The Morgan fingerprint density at radius 3 is 2.59 bits per heavy atom. The molecule has 0 radical (unpaired) electrons. The van der Waals surface area contributed by atoms with Gasteiger partial charge >= 0.3 is 5.97 Å². The predicted octanol–water partition coefficient (Wildman–Crippen LogP) is 3.46. The van der Waals surface area contributed by atoms with Crippen molar-refractivity contribution in [3.05, 3.63) is 23.3 Å². The van der Waals surface area contributed by atoms with Crippen molar-refractivity contribution >= 4 is 11.8 Å². The molecule has 162 valence electrons. The van der Waals surface area contributed by atoms with Crippen LogP contribution in [0.4, 0.5) is 0 Å². The highest BCUT2D eigenvalue weighted by Gasteiger charge is 2.38. The number of fused-ring (bicyclic) bond motifs is 1. The average Bonchev–Trinajstić information content (AvgIpc) is 2.88. The van der Waals surface area contributed by atoms with Gasteiger partial charge in [-0.3, -0.25) is 4.79 Å². The summed E-state index contributed by atoms with van der Waals surface area (Å²) in [5, 5.41) is 0. The van der Waals surface area contributed by atoms with Crippen molar-refractivity contribution in [1.29, 1.82) is 0 Å². The number of Topliss-reactive ketones (excluding diaryl/α,β-unsaturated/α-hetero) is 1. The number of hydrogen-bond acceptors (Lipinski definition) is 5. The normalized spacial score (nSPS) is 28.9. The lowest BCUT2D eigenvalue weighted by Gasteiger charge is -2.32. The number of unbranched alkanes of at least 4 members (excludes halogenated alkanes) is 1. The first kappa shape index (κ1) is 22.2. The first-order valence-corrected chi connectivity index (χ1v) is 11.4. The summed E-state index contributed by atoms with van der Waals surface area (Å²) < 4.78 is 5.54. The van der Waals surface area contributed by atoms with Crippen LogP contribution < -0.4 is 0 Å². The molecule has 3 atom stereocenters. The first-order chi connectivity index (χ1) is 13.9.